The molecule has 0 atom stereocenters. The van der Waals surface area contributed by atoms with Gasteiger partial charge >= 0.3 is 0 Å². The van der Waals surface area contributed by atoms with Crippen LogP contribution in [0.15, 0.2) is 12.1 Å². The van der Waals surface area contributed by atoms with E-state index in [0.29, 0.717) is 6.54 Å². The van der Waals surface area contributed by atoms with E-state index in [1.807, 2.05) is 33.8 Å². The first-order chi connectivity index (χ1) is 8.10. The van der Waals surface area contributed by atoms with Crippen LogP contribution >= 0.6 is 0 Å². The van der Waals surface area contributed by atoms with Crippen LogP contribution in [0.1, 0.15) is 25.0 Å². The lowest BCUT2D eigenvalue weighted by atomic mass is 9.98. The first-order valence-electron chi connectivity index (χ1n) is 5.97. The van der Waals surface area contributed by atoms with E-state index in [1.165, 1.54) is 10.6 Å². The van der Waals surface area contributed by atoms with Gasteiger partial charge in [0, 0.05) is 0 Å². The maximum Gasteiger partial charge on any atom is 0.232 e. The second-order valence-corrected chi connectivity index (χ2v) is 7.66. The number of rotatable bonds is 1. The number of benzene rings is 1. The number of anilines is 2. The maximum absolute atomic E-state index is 12.0. The summed E-state index contributed by atoms with van der Waals surface area (Å²) in [6.45, 7) is 8.44. The van der Waals surface area contributed by atoms with Crippen molar-refractivity contribution < 1.29 is 8.42 Å². The molecule has 0 amide bonds. The summed E-state index contributed by atoms with van der Waals surface area (Å²) < 4.78 is 25.4. The highest BCUT2D eigenvalue weighted by Crippen LogP contribution is 2.38. The van der Waals surface area contributed by atoms with Gasteiger partial charge in [-0.2, -0.15) is 0 Å². The standard InChI is InChI=1S/C13H20N2O2S/c1-9-6-10(2)12-11(7-9)15(18(5,16)17)8-13(3,4)14-12/h6-7,14H,8H2,1-5H3. The van der Waals surface area contributed by atoms with Crippen LogP contribution in [0.2, 0.25) is 0 Å². The fourth-order valence-electron chi connectivity index (χ4n) is 2.42. The molecule has 1 aromatic carbocycles. The fraction of sp³-hybridized carbons (Fsp3) is 0.538. The van der Waals surface area contributed by atoms with Crippen molar-refractivity contribution in [2.75, 3.05) is 22.4 Å². The molecule has 2 rings (SSSR count). The highest BCUT2D eigenvalue weighted by molar-refractivity contribution is 7.92. The number of hydrogen-bond acceptors (Lipinski definition) is 3. The van der Waals surface area contributed by atoms with Crippen LogP contribution in [0, 0.1) is 13.8 Å². The predicted molar refractivity (Wildman–Crippen MR) is 75.8 cm³/mol. The number of sulfonamides is 1. The molecule has 5 heteroatoms. The zero-order valence-electron chi connectivity index (χ0n) is 11.5. The van der Waals surface area contributed by atoms with Crippen molar-refractivity contribution >= 4 is 21.4 Å². The van der Waals surface area contributed by atoms with Crippen LogP contribution in [-0.4, -0.2) is 26.8 Å². The molecule has 1 aliphatic rings. The molecule has 100 valence electrons. The van der Waals surface area contributed by atoms with Crippen molar-refractivity contribution in [1.29, 1.82) is 0 Å². The van der Waals surface area contributed by atoms with E-state index in [2.05, 4.69) is 11.4 Å². The SMILES string of the molecule is Cc1cc(C)c2c(c1)N(S(C)(=O)=O)CC(C)(C)N2. The van der Waals surface area contributed by atoms with Gasteiger partial charge in [-0.15, -0.1) is 0 Å². The van der Waals surface area contributed by atoms with E-state index in [1.54, 1.807) is 0 Å². The van der Waals surface area contributed by atoms with Crippen molar-refractivity contribution in [3.8, 4) is 0 Å². The number of nitrogens with one attached hydrogen (secondary N) is 1. The highest BCUT2D eigenvalue weighted by Gasteiger charge is 2.34. The summed E-state index contributed by atoms with van der Waals surface area (Å²) in [7, 11) is -3.25. The number of fused-ring (bicyclic) bond motifs is 1. The third-order valence-electron chi connectivity index (χ3n) is 3.13. The molecule has 0 bridgehead atoms. The lowest BCUT2D eigenvalue weighted by Gasteiger charge is -2.41. The summed E-state index contributed by atoms with van der Waals surface area (Å²) >= 11 is 0. The van der Waals surface area contributed by atoms with Crippen molar-refractivity contribution in [2.24, 2.45) is 0 Å². The Morgan fingerprint density at radius 3 is 2.44 bits per heavy atom. The van der Waals surface area contributed by atoms with E-state index in [-0.39, 0.29) is 5.54 Å². The van der Waals surface area contributed by atoms with Gasteiger partial charge in [-0.3, -0.25) is 4.31 Å². The van der Waals surface area contributed by atoms with E-state index in [0.717, 1.165) is 22.5 Å². The van der Waals surface area contributed by atoms with Gasteiger partial charge in [0.2, 0.25) is 10.0 Å². The van der Waals surface area contributed by atoms with Crippen molar-refractivity contribution in [2.45, 2.75) is 33.2 Å². The molecule has 0 aromatic heterocycles. The van der Waals surface area contributed by atoms with E-state index < -0.39 is 10.0 Å². The van der Waals surface area contributed by atoms with Crippen molar-refractivity contribution in [3.63, 3.8) is 0 Å². The smallest absolute Gasteiger partial charge is 0.232 e. The first-order valence-corrected chi connectivity index (χ1v) is 7.82. The quantitative estimate of drug-likeness (QED) is 0.850. The summed E-state index contributed by atoms with van der Waals surface area (Å²) in [5, 5.41) is 3.43. The molecule has 0 saturated carbocycles. The Kier molecular flexibility index (Phi) is 2.85. The Balaban J connectivity index is 2.69. The van der Waals surface area contributed by atoms with Crippen LogP contribution in [0.4, 0.5) is 11.4 Å². The molecule has 0 saturated heterocycles. The molecule has 0 aliphatic carbocycles. The third-order valence-corrected chi connectivity index (χ3v) is 4.26. The molecule has 1 aliphatic heterocycles. The molecule has 0 fully saturated rings. The van der Waals surface area contributed by atoms with Gasteiger partial charge in [-0.05, 0) is 44.9 Å². The third kappa shape index (κ3) is 2.32. The van der Waals surface area contributed by atoms with Gasteiger partial charge in [-0.25, -0.2) is 8.42 Å². The molecular formula is C13H20N2O2S. The molecule has 4 nitrogen and oxygen atoms in total. The lowest BCUT2D eigenvalue weighted by molar-refractivity contribution is 0.546. The van der Waals surface area contributed by atoms with Crippen LogP contribution in [0.25, 0.3) is 0 Å². The van der Waals surface area contributed by atoms with E-state index in [4.69, 9.17) is 0 Å². The largest absolute Gasteiger partial charge is 0.376 e. The van der Waals surface area contributed by atoms with Crippen molar-refractivity contribution in [3.05, 3.63) is 23.3 Å². The summed E-state index contributed by atoms with van der Waals surface area (Å²) in [4.78, 5) is 0. The summed E-state index contributed by atoms with van der Waals surface area (Å²) in [5.41, 5.74) is 3.56. The zero-order valence-corrected chi connectivity index (χ0v) is 12.4. The van der Waals surface area contributed by atoms with Crippen LogP contribution in [0.3, 0.4) is 0 Å². The monoisotopic (exact) mass is 268 g/mol. The van der Waals surface area contributed by atoms with Crippen molar-refractivity contribution in [1.82, 2.24) is 0 Å². The molecule has 1 aromatic rings. The van der Waals surface area contributed by atoms with Gasteiger partial charge < -0.3 is 5.32 Å². The Hall–Kier alpha value is -1.23. The predicted octanol–water partition coefficient (Wildman–Crippen LogP) is 2.27. The molecule has 1 N–H and O–H groups in total. The molecule has 1 heterocycles. The summed E-state index contributed by atoms with van der Waals surface area (Å²) in [6.07, 6.45) is 1.26. The van der Waals surface area contributed by atoms with Gasteiger partial charge in [0.15, 0.2) is 0 Å². The van der Waals surface area contributed by atoms with Gasteiger partial charge in [0.1, 0.15) is 0 Å². The summed E-state index contributed by atoms with van der Waals surface area (Å²) in [5.74, 6) is 0. The fourth-order valence-corrected chi connectivity index (χ4v) is 3.48. The first kappa shape index (κ1) is 13.2. The Morgan fingerprint density at radius 2 is 1.89 bits per heavy atom. The minimum Gasteiger partial charge on any atom is -0.376 e. The van der Waals surface area contributed by atoms with Crippen LogP contribution in [0.5, 0.6) is 0 Å². The van der Waals surface area contributed by atoms with Gasteiger partial charge in [-0.1, -0.05) is 6.07 Å². The van der Waals surface area contributed by atoms with Crippen LogP contribution in [-0.2, 0) is 10.0 Å². The Morgan fingerprint density at radius 1 is 1.28 bits per heavy atom. The lowest BCUT2D eigenvalue weighted by Crippen LogP contribution is -2.50. The van der Waals surface area contributed by atoms with E-state index in [9.17, 15) is 8.42 Å². The molecule has 0 radical (unpaired) electrons. The molecule has 18 heavy (non-hydrogen) atoms. The number of aryl methyl sites for hydroxylation is 2. The highest BCUT2D eigenvalue weighted by atomic mass is 32.2. The second-order valence-electron chi connectivity index (χ2n) is 5.75. The second kappa shape index (κ2) is 3.88. The van der Waals surface area contributed by atoms with E-state index >= 15 is 0 Å². The average Bonchev–Trinajstić information content (AvgIpc) is 2.16. The van der Waals surface area contributed by atoms with Gasteiger partial charge in [0.25, 0.3) is 0 Å². The van der Waals surface area contributed by atoms with Crippen LogP contribution < -0.4 is 9.62 Å². The average molecular weight is 268 g/mol. The topological polar surface area (TPSA) is 49.4 Å². The Bertz CT molecular complexity index is 591. The van der Waals surface area contributed by atoms with Gasteiger partial charge in [0.05, 0.1) is 29.7 Å². The molecular weight excluding hydrogens is 248 g/mol. The maximum atomic E-state index is 12.0. The number of nitrogens with zero attached hydrogens (tertiary/aromatic N) is 1. The number of hydrogen-bond donors (Lipinski definition) is 1. The zero-order chi connectivity index (χ0) is 13.7. The molecule has 0 unspecified atom stereocenters. The normalized spacial score (nSPS) is 18.2. The summed E-state index contributed by atoms with van der Waals surface area (Å²) in [6, 6.07) is 3.99. The minimum absolute atomic E-state index is 0.268. The molecule has 0 spiro atoms. The Labute approximate surface area is 109 Å². The minimum atomic E-state index is -3.25.